The fourth-order valence-corrected chi connectivity index (χ4v) is 4.43. The van der Waals surface area contributed by atoms with Crippen LogP contribution < -0.4 is 0 Å². The summed E-state index contributed by atoms with van der Waals surface area (Å²) in [5.41, 5.74) is 2.78. The normalized spacial score (nSPS) is 20.9. The van der Waals surface area contributed by atoms with Gasteiger partial charge in [-0.2, -0.15) is 0 Å². The highest BCUT2D eigenvalue weighted by molar-refractivity contribution is 6.02. The molecule has 0 radical (unpaired) electrons. The standard InChI is InChI=1S/C26H26N2O3/c1-19-15-26(31,16-20-7-3-2-4-8-20)17-22(18-29)28(19)25(30)24-10-6-5-9-23(24)21-11-13-27-14-12-21/h2-15,22,29,31H,16-18H2,1H3/t22-,26-/m0/s1. The van der Waals surface area contributed by atoms with E-state index in [1.807, 2.05) is 67.6 Å². The van der Waals surface area contributed by atoms with E-state index in [0.29, 0.717) is 17.7 Å². The molecule has 5 heteroatoms. The third kappa shape index (κ3) is 4.43. The first-order valence-corrected chi connectivity index (χ1v) is 10.4. The maximum Gasteiger partial charge on any atom is 0.258 e. The van der Waals surface area contributed by atoms with Crippen LogP contribution in [0.25, 0.3) is 11.1 Å². The van der Waals surface area contributed by atoms with Gasteiger partial charge in [-0.05, 0) is 47.9 Å². The van der Waals surface area contributed by atoms with Crippen molar-refractivity contribution in [2.24, 2.45) is 0 Å². The van der Waals surface area contributed by atoms with Crippen molar-refractivity contribution in [3.05, 3.63) is 102 Å². The van der Waals surface area contributed by atoms with Crippen LogP contribution in [-0.2, 0) is 6.42 Å². The van der Waals surface area contributed by atoms with Gasteiger partial charge >= 0.3 is 0 Å². The van der Waals surface area contributed by atoms with Crippen LogP contribution in [0.1, 0.15) is 29.3 Å². The molecule has 0 unspecified atom stereocenters. The number of nitrogens with zero attached hydrogens (tertiary/aromatic N) is 2. The SMILES string of the molecule is CC1=C[C@](O)(Cc2ccccc2)C[C@@H](CO)N1C(=O)c1ccccc1-c1ccncc1. The average molecular weight is 415 g/mol. The molecule has 31 heavy (non-hydrogen) atoms. The molecule has 0 saturated carbocycles. The molecule has 158 valence electrons. The fourth-order valence-electron chi connectivity index (χ4n) is 4.43. The molecule has 0 fully saturated rings. The van der Waals surface area contributed by atoms with E-state index in [1.54, 1.807) is 29.4 Å². The van der Waals surface area contributed by atoms with E-state index in [0.717, 1.165) is 16.7 Å². The third-order valence-electron chi connectivity index (χ3n) is 5.74. The van der Waals surface area contributed by atoms with Crippen LogP contribution in [0, 0.1) is 0 Å². The average Bonchev–Trinajstić information content (AvgIpc) is 2.79. The molecule has 0 aliphatic carbocycles. The highest BCUT2D eigenvalue weighted by Crippen LogP contribution is 2.34. The van der Waals surface area contributed by atoms with E-state index < -0.39 is 11.6 Å². The van der Waals surface area contributed by atoms with Crippen molar-refractivity contribution in [3.63, 3.8) is 0 Å². The Bertz CT molecular complexity index is 1080. The number of rotatable bonds is 5. The zero-order valence-corrected chi connectivity index (χ0v) is 17.5. The van der Waals surface area contributed by atoms with Crippen LogP contribution in [0.5, 0.6) is 0 Å². The van der Waals surface area contributed by atoms with Gasteiger partial charge in [0, 0.05) is 36.5 Å². The number of carbonyl (C=O) groups is 1. The molecule has 2 atom stereocenters. The van der Waals surface area contributed by atoms with E-state index in [-0.39, 0.29) is 18.9 Å². The molecule has 0 saturated heterocycles. The molecule has 1 aliphatic rings. The number of carbonyl (C=O) groups excluding carboxylic acids is 1. The Morgan fingerprint density at radius 1 is 1.06 bits per heavy atom. The first-order chi connectivity index (χ1) is 15.0. The summed E-state index contributed by atoms with van der Waals surface area (Å²) in [5, 5.41) is 21.4. The molecular weight excluding hydrogens is 388 g/mol. The highest BCUT2D eigenvalue weighted by Gasteiger charge is 2.39. The summed E-state index contributed by atoms with van der Waals surface area (Å²) in [5.74, 6) is -0.193. The number of aromatic nitrogens is 1. The monoisotopic (exact) mass is 414 g/mol. The number of amides is 1. The summed E-state index contributed by atoms with van der Waals surface area (Å²) in [6, 6.07) is 20.4. The zero-order chi connectivity index (χ0) is 21.8. The van der Waals surface area contributed by atoms with Gasteiger partial charge in [0.2, 0.25) is 0 Å². The molecule has 3 aromatic rings. The highest BCUT2D eigenvalue weighted by atomic mass is 16.3. The van der Waals surface area contributed by atoms with Crippen LogP contribution in [0.4, 0.5) is 0 Å². The van der Waals surface area contributed by atoms with Crippen molar-refractivity contribution < 1.29 is 15.0 Å². The summed E-state index contributed by atoms with van der Waals surface area (Å²) < 4.78 is 0. The Balaban J connectivity index is 1.68. The Kier molecular flexibility index (Phi) is 5.98. The van der Waals surface area contributed by atoms with E-state index >= 15 is 0 Å². The van der Waals surface area contributed by atoms with Crippen LogP contribution in [0.2, 0.25) is 0 Å². The van der Waals surface area contributed by atoms with Gasteiger partial charge in [0.1, 0.15) is 0 Å². The minimum absolute atomic E-state index is 0.193. The van der Waals surface area contributed by atoms with E-state index in [2.05, 4.69) is 4.98 Å². The van der Waals surface area contributed by atoms with Crippen LogP contribution >= 0.6 is 0 Å². The Morgan fingerprint density at radius 2 is 1.74 bits per heavy atom. The molecule has 2 aromatic carbocycles. The maximum absolute atomic E-state index is 13.6. The van der Waals surface area contributed by atoms with E-state index in [4.69, 9.17) is 0 Å². The van der Waals surface area contributed by atoms with Gasteiger partial charge < -0.3 is 15.1 Å². The second-order valence-electron chi connectivity index (χ2n) is 8.05. The number of benzene rings is 2. The van der Waals surface area contributed by atoms with Crippen molar-refractivity contribution in [1.82, 2.24) is 9.88 Å². The van der Waals surface area contributed by atoms with E-state index in [1.165, 1.54) is 0 Å². The summed E-state index contributed by atoms with van der Waals surface area (Å²) in [6.07, 6.45) is 5.83. The lowest BCUT2D eigenvalue weighted by atomic mass is 9.83. The summed E-state index contributed by atoms with van der Waals surface area (Å²) >= 11 is 0. The smallest absolute Gasteiger partial charge is 0.258 e. The second kappa shape index (κ2) is 8.84. The van der Waals surface area contributed by atoms with Gasteiger partial charge in [-0.25, -0.2) is 0 Å². The van der Waals surface area contributed by atoms with Gasteiger partial charge in [-0.1, -0.05) is 48.5 Å². The molecule has 0 spiro atoms. The Hall–Kier alpha value is -3.28. The lowest BCUT2D eigenvalue weighted by Gasteiger charge is -2.42. The predicted octanol–water partition coefficient (Wildman–Crippen LogP) is 3.83. The number of allylic oxidation sites excluding steroid dienone is 1. The number of hydrogen-bond donors (Lipinski definition) is 2. The van der Waals surface area contributed by atoms with Gasteiger partial charge in [0.15, 0.2) is 0 Å². The summed E-state index contributed by atoms with van der Waals surface area (Å²) in [4.78, 5) is 19.3. The topological polar surface area (TPSA) is 73.7 Å². The van der Waals surface area contributed by atoms with Crippen molar-refractivity contribution in [2.45, 2.75) is 31.4 Å². The van der Waals surface area contributed by atoms with Gasteiger partial charge in [0.25, 0.3) is 5.91 Å². The fraction of sp³-hybridized carbons (Fsp3) is 0.231. The lowest BCUT2D eigenvalue weighted by molar-refractivity contribution is 0.0147. The maximum atomic E-state index is 13.6. The molecule has 1 amide bonds. The molecule has 1 aliphatic heterocycles. The first-order valence-electron chi connectivity index (χ1n) is 10.4. The van der Waals surface area contributed by atoms with Crippen molar-refractivity contribution in [2.75, 3.05) is 6.61 Å². The van der Waals surface area contributed by atoms with Crippen LogP contribution in [0.15, 0.2) is 90.9 Å². The van der Waals surface area contributed by atoms with Crippen molar-refractivity contribution in [3.8, 4) is 11.1 Å². The third-order valence-corrected chi connectivity index (χ3v) is 5.74. The van der Waals surface area contributed by atoms with Crippen molar-refractivity contribution in [1.29, 1.82) is 0 Å². The molecule has 0 bridgehead atoms. The number of pyridine rings is 1. The molecule has 4 rings (SSSR count). The van der Waals surface area contributed by atoms with Gasteiger partial charge in [-0.3, -0.25) is 9.78 Å². The Morgan fingerprint density at radius 3 is 2.45 bits per heavy atom. The van der Waals surface area contributed by atoms with Crippen molar-refractivity contribution >= 4 is 5.91 Å². The second-order valence-corrected chi connectivity index (χ2v) is 8.05. The lowest BCUT2D eigenvalue weighted by Crippen LogP contribution is -2.51. The Labute approximate surface area is 182 Å². The van der Waals surface area contributed by atoms with Crippen LogP contribution in [-0.4, -0.2) is 44.3 Å². The minimum atomic E-state index is -1.12. The first kappa shape index (κ1) is 21.0. The number of hydrogen-bond acceptors (Lipinski definition) is 4. The summed E-state index contributed by atoms with van der Waals surface area (Å²) in [6.45, 7) is 1.58. The van der Waals surface area contributed by atoms with Gasteiger partial charge in [0.05, 0.1) is 18.2 Å². The molecule has 2 N–H and O–H groups in total. The largest absolute Gasteiger partial charge is 0.394 e. The number of aliphatic hydroxyl groups is 2. The predicted molar refractivity (Wildman–Crippen MR) is 120 cm³/mol. The molecule has 1 aromatic heterocycles. The molecular formula is C26H26N2O3. The minimum Gasteiger partial charge on any atom is -0.394 e. The number of aliphatic hydroxyl groups excluding tert-OH is 1. The molecule has 2 heterocycles. The molecule has 5 nitrogen and oxygen atoms in total. The summed E-state index contributed by atoms with van der Waals surface area (Å²) in [7, 11) is 0. The van der Waals surface area contributed by atoms with Gasteiger partial charge in [-0.15, -0.1) is 0 Å². The zero-order valence-electron chi connectivity index (χ0n) is 17.5. The van der Waals surface area contributed by atoms with Crippen LogP contribution in [0.3, 0.4) is 0 Å². The van der Waals surface area contributed by atoms with E-state index in [9.17, 15) is 15.0 Å². The quantitative estimate of drug-likeness (QED) is 0.665.